The Morgan fingerprint density at radius 2 is 1.71 bits per heavy atom. The maximum atomic E-state index is 12.3. The van der Waals surface area contributed by atoms with Crippen LogP contribution in [-0.4, -0.2) is 31.9 Å². The molecule has 1 amide bonds. The van der Waals surface area contributed by atoms with E-state index >= 15 is 0 Å². The molecule has 0 atom stereocenters. The molecule has 1 heterocycles. The molecule has 0 saturated carbocycles. The largest absolute Gasteiger partial charge is 0.507 e. The zero-order valence-electron chi connectivity index (χ0n) is 19.2. The van der Waals surface area contributed by atoms with Gasteiger partial charge in [-0.05, 0) is 67.4 Å². The first-order valence-electron chi connectivity index (χ1n) is 10.6. The first-order valence-corrected chi connectivity index (χ1v) is 10.6. The highest BCUT2D eigenvalue weighted by molar-refractivity contribution is 5.98. The molecule has 0 bridgehead atoms. The van der Waals surface area contributed by atoms with Gasteiger partial charge in [-0.1, -0.05) is 6.07 Å². The number of halogens is 1. The fourth-order valence-electron chi connectivity index (χ4n) is 3.75. The Balaban J connectivity index is 0.00000342. The summed E-state index contributed by atoms with van der Waals surface area (Å²) >= 11 is 0. The van der Waals surface area contributed by atoms with E-state index in [1.54, 1.807) is 56.3 Å². The molecule has 0 aliphatic heterocycles. The average Bonchev–Trinajstić information content (AvgIpc) is 3.22. The molecule has 3 aromatic carbocycles. The molecule has 35 heavy (non-hydrogen) atoms. The molecule has 10 N–H and O–H groups in total. The zero-order chi connectivity index (χ0) is 24.8. The second-order valence-corrected chi connectivity index (χ2v) is 8.70. The van der Waals surface area contributed by atoms with Gasteiger partial charge in [0.15, 0.2) is 0 Å². The van der Waals surface area contributed by atoms with E-state index in [1.807, 2.05) is 0 Å². The van der Waals surface area contributed by atoms with Crippen LogP contribution < -0.4 is 17.2 Å². The monoisotopic (exact) mass is 494 g/mol. The Morgan fingerprint density at radius 3 is 2.34 bits per heavy atom. The van der Waals surface area contributed by atoms with Crippen LogP contribution in [-0.2, 0) is 16.8 Å². The highest BCUT2D eigenvalue weighted by Gasteiger charge is 2.30. The molecule has 0 unspecified atom stereocenters. The predicted octanol–water partition coefficient (Wildman–Crippen LogP) is 3.24. The number of nitrogens with one attached hydrogen (secondary N) is 2. The quantitative estimate of drug-likeness (QED) is 0.159. The van der Waals surface area contributed by atoms with Crippen LogP contribution >= 0.6 is 12.4 Å². The molecular weight excluding hydrogens is 468 g/mol. The summed E-state index contributed by atoms with van der Waals surface area (Å²) in [6.45, 7) is 3.61. The summed E-state index contributed by atoms with van der Waals surface area (Å²) in [7, 11) is 0. The zero-order valence-corrected chi connectivity index (χ0v) is 20.0. The van der Waals surface area contributed by atoms with Crippen molar-refractivity contribution >= 4 is 35.2 Å². The number of fused-ring (bicyclic) bond motifs is 1. The number of amidine groups is 1. The van der Waals surface area contributed by atoms with E-state index in [-0.39, 0.29) is 36.3 Å². The standard InChI is InChI=1S/C25H26N6O3.ClH/c1-25(2,24(29)34)14-9-16(15-7-12(11-26)3-6-20(15)32)21(33)17(10-14)23-30-18-5-4-13(22(27)28)8-19(18)31-23;/h3-10,32-33H,11,26H2,1-2H3,(H3,27,28)(H2,29,34)(H,30,31);1H. The highest BCUT2D eigenvalue weighted by atomic mass is 35.5. The van der Waals surface area contributed by atoms with E-state index in [9.17, 15) is 15.0 Å². The molecular formula is C25H27ClN6O3. The topological polar surface area (TPSA) is 188 Å². The number of amides is 1. The normalized spacial score (nSPS) is 11.3. The number of carbonyl (C=O) groups excluding carboxylic acids is 1. The van der Waals surface area contributed by atoms with Gasteiger partial charge in [0.1, 0.15) is 23.2 Å². The minimum Gasteiger partial charge on any atom is -0.507 e. The summed E-state index contributed by atoms with van der Waals surface area (Å²) in [5.74, 6) is -0.483. The third-order valence-electron chi connectivity index (χ3n) is 6.08. The van der Waals surface area contributed by atoms with E-state index in [0.717, 1.165) is 5.56 Å². The van der Waals surface area contributed by atoms with Crippen molar-refractivity contribution in [1.29, 1.82) is 5.41 Å². The second kappa shape index (κ2) is 9.28. The summed E-state index contributed by atoms with van der Waals surface area (Å²) in [4.78, 5) is 20.0. The molecule has 0 saturated heterocycles. The number of nitrogens with two attached hydrogens (primary N) is 3. The van der Waals surface area contributed by atoms with Crippen molar-refractivity contribution in [3.8, 4) is 34.0 Å². The number of hydrogen-bond acceptors (Lipinski definition) is 6. The Bertz CT molecular complexity index is 1460. The van der Waals surface area contributed by atoms with Crippen molar-refractivity contribution in [3.63, 3.8) is 0 Å². The van der Waals surface area contributed by atoms with E-state index < -0.39 is 11.3 Å². The number of imidazole rings is 1. The number of benzene rings is 3. The Hall–Kier alpha value is -4.08. The SMILES string of the molecule is CC(C)(C(N)=O)c1cc(-c2nc3ccc(C(=N)N)cc3[nH]2)c(O)c(-c2cc(CN)ccc2O)c1.Cl. The molecule has 4 rings (SSSR count). The molecule has 182 valence electrons. The number of aromatic amines is 1. The van der Waals surface area contributed by atoms with Crippen LogP contribution in [0.1, 0.15) is 30.5 Å². The molecule has 0 radical (unpaired) electrons. The molecule has 4 aromatic rings. The lowest BCUT2D eigenvalue weighted by Crippen LogP contribution is -2.35. The van der Waals surface area contributed by atoms with Gasteiger partial charge in [-0.3, -0.25) is 10.2 Å². The Kier molecular flexibility index (Phi) is 6.77. The van der Waals surface area contributed by atoms with Gasteiger partial charge in [-0.15, -0.1) is 12.4 Å². The van der Waals surface area contributed by atoms with E-state index in [4.69, 9.17) is 22.6 Å². The molecule has 1 aromatic heterocycles. The van der Waals surface area contributed by atoms with Crippen LogP contribution in [0.5, 0.6) is 11.5 Å². The van der Waals surface area contributed by atoms with Gasteiger partial charge in [-0.2, -0.15) is 0 Å². The number of phenolic OH excluding ortho intramolecular Hbond substituents is 2. The fourth-order valence-corrected chi connectivity index (χ4v) is 3.75. The summed E-state index contributed by atoms with van der Waals surface area (Å²) in [5, 5.41) is 29.5. The summed E-state index contributed by atoms with van der Waals surface area (Å²) in [6.07, 6.45) is 0. The van der Waals surface area contributed by atoms with Gasteiger partial charge in [0, 0.05) is 23.2 Å². The number of H-pyrrole nitrogens is 1. The molecule has 0 aliphatic carbocycles. The Labute approximate surface area is 207 Å². The predicted molar refractivity (Wildman–Crippen MR) is 139 cm³/mol. The summed E-state index contributed by atoms with van der Waals surface area (Å²) < 4.78 is 0. The van der Waals surface area contributed by atoms with Crippen molar-refractivity contribution in [1.82, 2.24) is 9.97 Å². The number of aromatic nitrogens is 2. The van der Waals surface area contributed by atoms with Crippen molar-refractivity contribution in [2.24, 2.45) is 17.2 Å². The van der Waals surface area contributed by atoms with E-state index in [1.165, 1.54) is 6.07 Å². The number of hydrogen-bond donors (Lipinski definition) is 7. The van der Waals surface area contributed by atoms with Crippen LogP contribution in [0.3, 0.4) is 0 Å². The minimum atomic E-state index is -1.08. The number of nitrogen functional groups attached to an aromatic ring is 1. The fraction of sp³-hybridized carbons (Fsp3) is 0.160. The lowest BCUT2D eigenvalue weighted by atomic mass is 9.81. The molecule has 0 aliphatic rings. The second-order valence-electron chi connectivity index (χ2n) is 8.70. The van der Waals surface area contributed by atoms with Crippen LogP contribution in [0.25, 0.3) is 33.5 Å². The van der Waals surface area contributed by atoms with Crippen molar-refractivity contribution in [2.45, 2.75) is 25.8 Å². The number of rotatable bonds is 6. The number of carbonyl (C=O) groups is 1. The van der Waals surface area contributed by atoms with E-state index in [2.05, 4.69) is 9.97 Å². The Morgan fingerprint density at radius 1 is 1.03 bits per heavy atom. The van der Waals surface area contributed by atoms with Gasteiger partial charge in [0.25, 0.3) is 0 Å². The van der Waals surface area contributed by atoms with Crippen LogP contribution in [0.4, 0.5) is 0 Å². The third kappa shape index (κ3) is 4.51. The van der Waals surface area contributed by atoms with Gasteiger partial charge >= 0.3 is 0 Å². The third-order valence-corrected chi connectivity index (χ3v) is 6.08. The number of phenols is 2. The molecule has 9 nitrogen and oxygen atoms in total. The first-order chi connectivity index (χ1) is 16.0. The van der Waals surface area contributed by atoms with Gasteiger partial charge in [-0.25, -0.2) is 4.98 Å². The van der Waals surface area contributed by atoms with E-state index in [0.29, 0.717) is 44.7 Å². The summed E-state index contributed by atoms with van der Waals surface area (Å²) in [5.41, 5.74) is 20.0. The van der Waals surface area contributed by atoms with Gasteiger partial charge < -0.3 is 32.4 Å². The highest BCUT2D eigenvalue weighted by Crippen LogP contribution is 2.44. The lowest BCUT2D eigenvalue weighted by Gasteiger charge is -2.24. The average molecular weight is 495 g/mol. The number of aromatic hydroxyl groups is 2. The van der Waals surface area contributed by atoms with Crippen molar-refractivity contribution in [3.05, 3.63) is 65.2 Å². The number of nitrogens with zero attached hydrogens (tertiary/aromatic N) is 1. The van der Waals surface area contributed by atoms with Crippen LogP contribution in [0.2, 0.25) is 0 Å². The first kappa shape index (κ1) is 25.5. The smallest absolute Gasteiger partial charge is 0.227 e. The maximum Gasteiger partial charge on any atom is 0.227 e. The van der Waals surface area contributed by atoms with Crippen molar-refractivity contribution in [2.75, 3.05) is 0 Å². The lowest BCUT2D eigenvalue weighted by molar-refractivity contribution is -0.122. The molecule has 10 heteroatoms. The van der Waals surface area contributed by atoms with Gasteiger partial charge in [0.2, 0.25) is 5.91 Å². The minimum absolute atomic E-state index is 0. The maximum absolute atomic E-state index is 12.3. The molecule has 0 fully saturated rings. The number of primary amides is 1. The summed E-state index contributed by atoms with van der Waals surface area (Å²) in [6, 6.07) is 13.3. The van der Waals surface area contributed by atoms with Gasteiger partial charge in [0.05, 0.1) is 22.0 Å². The van der Waals surface area contributed by atoms with Crippen LogP contribution in [0.15, 0.2) is 48.5 Å². The van der Waals surface area contributed by atoms with Crippen LogP contribution in [0, 0.1) is 5.41 Å². The molecule has 0 spiro atoms. The van der Waals surface area contributed by atoms with Crippen molar-refractivity contribution < 1.29 is 15.0 Å².